The molecule has 78 valence electrons. The van der Waals surface area contributed by atoms with Crippen molar-refractivity contribution in [3.05, 3.63) is 18.2 Å². The number of hydrogen-bond donors (Lipinski definition) is 1. The zero-order valence-corrected chi connectivity index (χ0v) is 8.91. The van der Waals surface area contributed by atoms with Crippen molar-refractivity contribution in [3.63, 3.8) is 0 Å². The maximum absolute atomic E-state index is 9.99. The van der Waals surface area contributed by atoms with Crippen LogP contribution in [0.4, 0.5) is 0 Å². The van der Waals surface area contributed by atoms with Crippen LogP contribution in [0.3, 0.4) is 0 Å². The summed E-state index contributed by atoms with van der Waals surface area (Å²) in [5.74, 6) is 2.54. The lowest BCUT2D eigenvalue weighted by molar-refractivity contribution is -0.0276. The van der Waals surface area contributed by atoms with Crippen molar-refractivity contribution in [1.82, 2.24) is 9.55 Å². The van der Waals surface area contributed by atoms with E-state index in [1.807, 2.05) is 29.6 Å². The Morgan fingerprint density at radius 3 is 3.21 bits per heavy atom. The maximum atomic E-state index is 9.99. The van der Waals surface area contributed by atoms with Crippen LogP contribution in [0.5, 0.6) is 0 Å². The molecule has 14 heavy (non-hydrogen) atoms. The number of aliphatic hydroxyl groups is 1. The van der Waals surface area contributed by atoms with Gasteiger partial charge in [-0.05, 0) is 0 Å². The van der Waals surface area contributed by atoms with E-state index in [0.29, 0.717) is 5.82 Å². The third kappa shape index (κ3) is 1.94. The predicted molar refractivity (Wildman–Crippen MR) is 55.2 cm³/mol. The second kappa shape index (κ2) is 4.33. The SMILES string of the molecule is Cn1ccnc1C(O)C1CSCCO1. The highest BCUT2D eigenvalue weighted by molar-refractivity contribution is 7.99. The van der Waals surface area contributed by atoms with Gasteiger partial charge in [-0.2, -0.15) is 11.8 Å². The number of thioether (sulfide) groups is 1. The summed E-state index contributed by atoms with van der Waals surface area (Å²) in [4.78, 5) is 4.11. The third-order valence-electron chi connectivity index (χ3n) is 2.32. The van der Waals surface area contributed by atoms with Crippen LogP contribution in [0.2, 0.25) is 0 Å². The highest BCUT2D eigenvalue weighted by Crippen LogP contribution is 2.23. The van der Waals surface area contributed by atoms with Gasteiger partial charge in [-0.1, -0.05) is 0 Å². The zero-order valence-electron chi connectivity index (χ0n) is 8.09. The number of rotatable bonds is 2. The van der Waals surface area contributed by atoms with Gasteiger partial charge >= 0.3 is 0 Å². The average molecular weight is 214 g/mol. The van der Waals surface area contributed by atoms with Crippen molar-refractivity contribution in [2.75, 3.05) is 18.1 Å². The van der Waals surface area contributed by atoms with Crippen molar-refractivity contribution in [3.8, 4) is 0 Å². The van der Waals surface area contributed by atoms with E-state index in [-0.39, 0.29) is 6.10 Å². The molecule has 2 heterocycles. The van der Waals surface area contributed by atoms with Gasteiger partial charge in [0.05, 0.1) is 12.7 Å². The fourth-order valence-corrected chi connectivity index (χ4v) is 2.41. The topological polar surface area (TPSA) is 47.3 Å². The maximum Gasteiger partial charge on any atom is 0.140 e. The molecule has 1 fully saturated rings. The van der Waals surface area contributed by atoms with E-state index in [1.54, 1.807) is 6.20 Å². The molecule has 0 spiro atoms. The summed E-state index contributed by atoms with van der Waals surface area (Å²) >= 11 is 1.81. The quantitative estimate of drug-likeness (QED) is 0.782. The molecule has 5 heteroatoms. The monoisotopic (exact) mass is 214 g/mol. The Morgan fingerprint density at radius 1 is 1.79 bits per heavy atom. The summed E-state index contributed by atoms with van der Waals surface area (Å²) in [6.45, 7) is 0.719. The molecule has 4 nitrogen and oxygen atoms in total. The van der Waals surface area contributed by atoms with Crippen LogP contribution < -0.4 is 0 Å². The molecule has 1 aliphatic rings. The van der Waals surface area contributed by atoms with Crippen molar-refractivity contribution in [1.29, 1.82) is 0 Å². The molecule has 1 aromatic heterocycles. The number of aliphatic hydroxyl groups excluding tert-OH is 1. The number of aryl methyl sites for hydroxylation is 1. The van der Waals surface area contributed by atoms with E-state index in [9.17, 15) is 5.11 Å². The third-order valence-corrected chi connectivity index (χ3v) is 3.34. The van der Waals surface area contributed by atoms with E-state index in [4.69, 9.17) is 4.74 Å². The fraction of sp³-hybridized carbons (Fsp3) is 0.667. The molecule has 0 radical (unpaired) electrons. The van der Waals surface area contributed by atoms with Crippen molar-refractivity contribution in [2.24, 2.45) is 7.05 Å². The second-order valence-corrected chi connectivity index (χ2v) is 4.48. The first-order valence-electron chi connectivity index (χ1n) is 4.63. The summed E-state index contributed by atoms with van der Waals surface area (Å²) in [5, 5.41) is 9.99. The molecular formula is C9H14N2O2S. The molecule has 0 bridgehead atoms. The summed E-state index contributed by atoms with van der Waals surface area (Å²) in [6, 6.07) is 0. The minimum absolute atomic E-state index is 0.116. The van der Waals surface area contributed by atoms with Gasteiger partial charge in [0.15, 0.2) is 0 Å². The van der Waals surface area contributed by atoms with Gasteiger partial charge in [-0.15, -0.1) is 0 Å². The van der Waals surface area contributed by atoms with Gasteiger partial charge in [-0.3, -0.25) is 0 Å². The van der Waals surface area contributed by atoms with E-state index in [2.05, 4.69) is 4.98 Å². The van der Waals surface area contributed by atoms with Gasteiger partial charge in [0.2, 0.25) is 0 Å². The number of imidazole rings is 1. The van der Waals surface area contributed by atoms with Crippen LogP contribution in [-0.2, 0) is 11.8 Å². The fourth-order valence-electron chi connectivity index (χ4n) is 1.52. The number of ether oxygens (including phenoxy) is 1. The summed E-state index contributed by atoms with van der Waals surface area (Å²) in [5.41, 5.74) is 0. The van der Waals surface area contributed by atoms with Crippen LogP contribution in [0.1, 0.15) is 11.9 Å². The Morgan fingerprint density at radius 2 is 2.64 bits per heavy atom. The molecule has 0 saturated carbocycles. The molecule has 0 amide bonds. The Bertz CT molecular complexity index is 297. The van der Waals surface area contributed by atoms with Crippen molar-refractivity contribution >= 4 is 11.8 Å². The van der Waals surface area contributed by atoms with Gasteiger partial charge in [0.25, 0.3) is 0 Å². The Kier molecular flexibility index (Phi) is 3.10. The van der Waals surface area contributed by atoms with Gasteiger partial charge in [0.1, 0.15) is 11.9 Å². The second-order valence-electron chi connectivity index (χ2n) is 3.33. The van der Waals surface area contributed by atoms with Gasteiger partial charge in [-0.25, -0.2) is 4.98 Å². The Hall–Kier alpha value is -0.520. The minimum atomic E-state index is -0.609. The van der Waals surface area contributed by atoms with Crippen LogP contribution in [0.15, 0.2) is 12.4 Å². The molecule has 0 aromatic carbocycles. The van der Waals surface area contributed by atoms with Crippen LogP contribution in [0.25, 0.3) is 0 Å². The predicted octanol–water partition coefficient (Wildman–Crippen LogP) is 0.585. The lowest BCUT2D eigenvalue weighted by Crippen LogP contribution is -2.31. The summed E-state index contributed by atoms with van der Waals surface area (Å²) in [7, 11) is 1.88. The molecule has 1 aliphatic heterocycles. The molecule has 1 N–H and O–H groups in total. The average Bonchev–Trinajstić information content (AvgIpc) is 2.65. The number of aromatic nitrogens is 2. The largest absolute Gasteiger partial charge is 0.382 e. The number of hydrogen-bond acceptors (Lipinski definition) is 4. The first-order chi connectivity index (χ1) is 6.79. The van der Waals surface area contributed by atoms with Crippen LogP contribution in [0, 0.1) is 0 Å². The summed E-state index contributed by atoms with van der Waals surface area (Å²) < 4.78 is 7.32. The van der Waals surface area contributed by atoms with Crippen molar-refractivity contribution in [2.45, 2.75) is 12.2 Å². The smallest absolute Gasteiger partial charge is 0.140 e. The van der Waals surface area contributed by atoms with Crippen LogP contribution in [-0.4, -0.2) is 38.9 Å². The Labute approximate surface area is 87.3 Å². The molecule has 2 unspecified atom stereocenters. The first kappa shape index (κ1) is 10.0. The van der Waals surface area contributed by atoms with Crippen LogP contribution >= 0.6 is 11.8 Å². The first-order valence-corrected chi connectivity index (χ1v) is 5.79. The zero-order chi connectivity index (χ0) is 9.97. The van der Waals surface area contributed by atoms with E-state index < -0.39 is 6.10 Å². The highest BCUT2D eigenvalue weighted by Gasteiger charge is 2.26. The molecule has 2 rings (SSSR count). The Balaban J connectivity index is 2.07. The van der Waals surface area contributed by atoms with Crippen molar-refractivity contribution < 1.29 is 9.84 Å². The minimum Gasteiger partial charge on any atom is -0.382 e. The van der Waals surface area contributed by atoms with E-state index >= 15 is 0 Å². The normalized spacial score (nSPS) is 24.9. The molecule has 0 aliphatic carbocycles. The summed E-state index contributed by atoms with van der Waals surface area (Å²) in [6.07, 6.45) is 2.79. The standard InChI is InChI=1S/C9H14N2O2S/c1-11-3-2-10-9(11)8(12)7-6-14-5-4-13-7/h2-3,7-8,12H,4-6H2,1H3. The van der Waals surface area contributed by atoms with E-state index in [1.165, 1.54) is 0 Å². The highest BCUT2D eigenvalue weighted by atomic mass is 32.2. The van der Waals surface area contributed by atoms with Gasteiger partial charge in [0, 0.05) is 30.9 Å². The molecule has 2 atom stereocenters. The number of nitrogens with zero attached hydrogens (tertiary/aromatic N) is 2. The molecule has 1 saturated heterocycles. The van der Waals surface area contributed by atoms with E-state index in [0.717, 1.165) is 18.1 Å². The van der Waals surface area contributed by atoms with Gasteiger partial charge < -0.3 is 14.4 Å². The lowest BCUT2D eigenvalue weighted by Gasteiger charge is -2.26. The lowest BCUT2D eigenvalue weighted by atomic mass is 10.2. The molecular weight excluding hydrogens is 200 g/mol. The molecule has 1 aromatic rings.